The standard InChI is InChI=1S/C24H36O2/c1-3-5-7-13-23-14-17-24(18-15-23,19-16-23)20-9-11-21(12-10-20)26-22(25)8-6-4-2/h9-12H,3-8,13-19H2,1-2H3. The smallest absolute Gasteiger partial charge is 0.311 e. The third-order valence-corrected chi connectivity index (χ3v) is 7.15. The number of ether oxygens (including phenoxy) is 1. The Kier molecular flexibility index (Phi) is 6.42. The van der Waals surface area contributed by atoms with Gasteiger partial charge in [-0.15, -0.1) is 0 Å². The van der Waals surface area contributed by atoms with Crippen LogP contribution >= 0.6 is 0 Å². The molecular weight excluding hydrogens is 320 g/mol. The zero-order valence-electron chi connectivity index (χ0n) is 16.8. The van der Waals surface area contributed by atoms with Crippen molar-refractivity contribution in [3.8, 4) is 5.75 Å². The molecule has 1 aromatic rings. The van der Waals surface area contributed by atoms with Crippen molar-refractivity contribution in [1.29, 1.82) is 0 Å². The molecule has 0 heterocycles. The fourth-order valence-electron chi connectivity index (χ4n) is 5.20. The van der Waals surface area contributed by atoms with Crippen LogP contribution in [-0.2, 0) is 10.2 Å². The summed E-state index contributed by atoms with van der Waals surface area (Å²) in [6.07, 6.45) is 16.3. The molecule has 0 amide bonds. The van der Waals surface area contributed by atoms with Crippen molar-refractivity contribution >= 4 is 5.97 Å². The van der Waals surface area contributed by atoms with E-state index in [2.05, 4.69) is 26.0 Å². The largest absolute Gasteiger partial charge is 0.427 e. The summed E-state index contributed by atoms with van der Waals surface area (Å²) in [5.74, 6) is 0.594. The molecule has 0 saturated heterocycles. The summed E-state index contributed by atoms with van der Waals surface area (Å²) in [4.78, 5) is 11.8. The molecule has 1 aromatic carbocycles. The lowest BCUT2D eigenvalue weighted by molar-refractivity contribution is -0.134. The van der Waals surface area contributed by atoms with Crippen molar-refractivity contribution in [3.63, 3.8) is 0 Å². The van der Waals surface area contributed by atoms with Gasteiger partial charge in [0.2, 0.25) is 0 Å². The number of rotatable bonds is 9. The fraction of sp³-hybridized carbons (Fsp3) is 0.708. The van der Waals surface area contributed by atoms with Crippen molar-refractivity contribution in [1.82, 2.24) is 0 Å². The van der Waals surface area contributed by atoms with E-state index in [1.807, 2.05) is 12.1 Å². The summed E-state index contributed by atoms with van der Waals surface area (Å²) < 4.78 is 5.47. The van der Waals surface area contributed by atoms with Crippen LogP contribution in [0.2, 0.25) is 0 Å². The Morgan fingerprint density at radius 2 is 1.50 bits per heavy atom. The van der Waals surface area contributed by atoms with Crippen LogP contribution < -0.4 is 4.74 Å². The van der Waals surface area contributed by atoms with E-state index in [0.29, 0.717) is 23.0 Å². The van der Waals surface area contributed by atoms with Gasteiger partial charge in [-0.3, -0.25) is 4.79 Å². The van der Waals surface area contributed by atoms with Crippen LogP contribution in [0.4, 0.5) is 0 Å². The van der Waals surface area contributed by atoms with Crippen molar-refractivity contribution in [2.75, 3.05) is 0 Å². The van der Waals surface area contributed by atoms with Gasteiger partial charge < -0.3 is 4.74 Å². The molecule has 0 spiro atoms. The number of carbonyl (C=O) groups excluding carboxylic acids is 1. The molecule has 2 heteroatoms. The van der Waals surface area contributed by atoms with Crippen LogP contribution in [-0.4, -0.2) is 5.97 Å². The molecular formula is C24H36O2. The number of unbranched alkanes of at least 4 members (excludes halogenated alkanes) is 3. The van der Waals surface area contributed by atoms with E-state index in [1.54, 1.807) is 0 Å². The Morgan fingerprint density at radius 1 is 0.885 bits per heavy atom. The second-order valence-corrected chi connectivity index (χ2v) is 8.84. The minimum Gasteiger partial charge on any atom is -0.427 e. The van der Waals surface area contributed by atoms with Gasteiger partial charge in [0.25, 0.3) is 0 Å². The van der Waals surface area contributed by atoms with Crippen LogP contribution in [0, 0.1) is 5.41 Å². The summed E-state index contributed by atoms with van der Waals surface area (Å²) in [7, 11) is 0. The quantitative estimate of drug-likeness (QED) is 0.272. The zero-order chi connectivity index (χ0) is 18.5. The van der Waals surface area contributed by atoms with Crippen molar-refractivity contribution in [3.05, 3.63) is 29.8 Å². The highest BCUT2D eigenvalue weighted by molar-refractivity contribution is 5.72. The fourth-order valence-corrected chi connectivity index (χ4v) is 5.20. The first-order chi connectivity index (χ1) is 12.6. The van der Waals surface area contributed by atoms with E-state index >= 15 is 0 Å². The summed E-state index contributed by atoms with van der Waals surface area (Å²) in [5, 5.41) is 0. The van der Waals surface area contributed by atoms with Gasteiger partial charge in [-0.25, -0.2) is 0 Å². The predicted octanol–water partition coefficient (Wildman–Crippen LogP) is 6.95. The average molecular weight is 357 g/mol. The lowest BCUT2D eigenvalue weighted by Gasteiger charge is -2.54. The van der Waals surface area contributed by atoms with E-state index in [4.69, 9.17) is 4.74 Å². The van der Waals surface area contributed by atoms with Gasteiger partial charge in [-0.05, 0) is 79.9 Å². The normalized spacial score (nSPS) is 27.5. The number of carbonyl (C=O) groups is 1. The Balaban J connectivity index is 1.58. The summed E-state index contributed by atoms with van der Waals surface area (Å²) in [5.41, 5.74) is 2.51. The van der Waals surface area contributed by atoms with Gasteiger partial charge in [0.15, 0.2) is 0 Å². The highest BCUT2D eigenvalue weighted by atomic mass is 16.5. The van der Waals surface area contributed by atoms with Gasteiger partial charge in [-0.2, -0.15) is 0 Å². The minimum atomic E-state index is -0.107. The summed E-state index contributed by atoms with van der Waals surface area (Å²) in [6, 6.07) is 8.45. The Morgan fingerprint density at radius 3 is 2.08 bits per heavy atom. The summed E-state index contributed by atoms with van der Waals surface area (Å²) in [6.45, 7) is 4.39. The van der Waals surface area contributed by atoms with Gasteiger partial charge >= 0.3 is 5.97 Å². The van der Waals surface area contributed by atoms with Crippen molar-refractivity contribution in [2.24, 2.45) is 5.41 Å². The highest BCUT2D eigenvalue weighted by Gasteiger charge is 2.48. The van der Waals surface area contributed by atoms with Crippen LogP contribution in [0.3, 0.4) is 0 Å². The van der Waals surface area contributed by atoms with Gasteiger partial charge in [0, 0.05) is 6.42 Å². The monoisotopic (exact) mass is 356 g/mol. The van der Waals surface area contributed by atoms with E-state index in [1.165, 1.54) is 69.8 Å². The maximum atomic E-state index is 11.8. The molecule has 0 radical (unpaired) electrons. The molecule has 2 bridgehead atoms. The number of fused-ring (bicyclic) bond motifs is 3. The number of hydrogen-bond acceptors (Lipinski definition) is 2. The number of esters is 1. The first-order valence-corrected chi connectivity index (χ1v) is 10.9. The van der Waals surface area contributed by atoms with Crippen molar-refractivity contribution < 1.29 is 9.53 Å². The van der Waals surface area contributed by atoms with Gasteiger partial charge in [0.05, 0.1) is 0 Å². The molecule has 144 valence electrons. The molecule has 0 atom stereocenters. The first kappa shape index (κ1) is 19.5. The predicted molar refractivity (Wildman–Crippen MR) is 108 cm³/mol. The lowest BCUT2D eigenvalue weighted by atomic mass is 9.51. The molecule has 0 aromatic heterocycles. The van der Waals surface area contributed by atoms with Gasteiger partial charge in [-0.1, -0.05) is 51.7 Å². The molecule has 26 heavy (non-hydrogen) atoms. The molecule has 3 fully saturated rings. The van der Waals surface area contributed by atoms with Crippen LogP contribution in [0.1, 0.15) is 103 Å². The zero-order valence-corrected chi connectivity index (χ0v) is 16.8. The number of benzene rings is 1. The van der Waals surface area contributed by atoms with Gasteiger partial charge in [0.1, 0.15) is 5.75 Å². The lowest BCUT2D eigenvalue weighted by Crippen LogP contribution is -2.44. The first-order valence-electron chi connectivity index (χ1n) is 10.9. The third-order valence-electron chi connectivity index (χ3n) is 7.15. The van der Waals surface area contributed by atoms with Crippen LogP contribution in [0.5, 0.6) is 5.75 Å². The minimum absolute atomic E-state index is 0.107. The van der Waals surface area contributed by atoms with E-state index < -0.39 is 0 Å². The Labute approximate surface area is 159 Å². The second-order valence-electron chi connectivity index (χ2n) is 8.84. The van der Waals surface area contributed by atoms with E-state index in [9.17, 15) is 4.79 Å². The van der Waals surface area contributed by atoms with Crippen LogP contribution in [0.25, 0.3) is 0 Å². The van der Waals surface area contributed by atoms with Crippen LogP contribution in [0.15, 0.2) is 24.3 Å². The maximum Gasteiger partial charge on any atom is 0.311 e. The second kappa shape index (κ2) is 8.59. The van der Waals surface area contributed by atoms with Crippen molar-refractivity contribution in [2.45, 2.75) is 103 Å². The molecule has 0 N–H and O–H groups in total. The number of hydrogen-bond donors (Lipinski definition) is 0. The molecule has 0 unspecified atom stereocenters. The average Bonchev–Trinajstić information content (AvgIpc) is 2.68. The molecule has 4 rings (SSSR count). The Hall–Kier alpha value is -1.31. The molecule has 3 aliphatic carbocycles. The molecule has 0 aliphatic heterocycles. The maximum absolute atomic E-state index is 11.8. The van der Waals surface area contributed by atoms with E-state index in [0.717, 1.165) is 12.8 Å². The Bertz CT molecular complexity index is 562. The molecule has 2 nitrogen and oxygen atoms in total. The SMILES string of the molecule is CCCCCC12CCC(c3ccc(OC(=O)CCCC)cc3)(CC1)CC2. The highest BCUT2D eigenvalue weighted by Crippen LogP contribution is 2.59. The van der Waals surface area contributed by atoms with E-state index in [-0.39, 0.29) is 5.97 Å². The third kappa shape index (κ3) is 4.32. The summed E-state index contributed by atoms with van der Waals surface area (Å²) >= 11 is 0. The molecule has 3 aliphatic rings. The molecule has 3 saturated carbocycles. The topological polar surface area (TPSA) is 26.3 Å².